The van der Waals surface area contributed by atoms with E-state index in [0.29, 0.717) is 17.7 Å². The minimum atomic E-state index is -0.0212. The molecule has 0 aliphatic heterocycles. The highest BCUT2D eigenvalue weighted by molar-refractivity contribution is 6.31. The number of hydrogen-bond donors (Lipinski definition) is 0. The molecule has 1 aromatic carbocycles. The SMILES string of the molecule is CC(=O)N(COCC1CCC1)c1c(C)ccc(Cl)c1C. The molecule has 0 N–H and O–H groups in total. The molecule has 2 rings (SSSR count). The number of ether oxygens (including phenoxy) is 1. The number of amides is 1. The number of anilines is 1. The first-order chi connectivity index (χ1) is 9.50. The van der Waals surface area contributed by atoms with Crippen LogP contribution in [0.4, 0.5) is 5.69 Å². The van der Waals surface area contributed by atoms with E-state index >= 15 is 0 Å². The summed E-state index contributed by atoms with van der Waals surface area (Å²) in [5.41, 5.74) is 2.84. The van der Waals surface area contributed by atoms with Crippen LogP contribution in [-0.4, -0.2) is 19.2 Å². The lowest BCUT2D eigenvalue weighted by molar-refractivity contribution is -0.117. The maximum Gasteiger partial charge on any atom is 0.225 e. The average Bonchev–Trinajstić information content (AvgIpc) is 2.34. The van der Waals surface area contributed by atoms with Gasteiger partial charge in [-0.1, -0.05) is 24.1 Å². The first-order valence-electron chi connectivity index (χ1n) is 7.12. The summed E-state index contributed by atoms with van der Waals surface area (Å²) in [6, 6.07) is 3.80. The second-order valence-corrected chi connectivity index (χ2v) is 5.99. The third kappa shape index (κ3) is 3.33. The molecule has 1 fully saturated rings. The molecule has 4 heteroatoms. The number of halogens is 1. The monoisotopic (exact) mass is 295 g/mol. The van der Waals surface area contributed by atoms with Gasteiger partial charge in [0.1, 0.15) is 6.73 Å². The molecular formula is C16H22ClNO2. The highest BCUT2D eigenvalue weighted by Gasteiger charge is 2.21. The Morgan fingerprint density at radius 3 is 2.65 bits per heavy atom. The third-order valence-corrected chi connectivity index (χ3v) is 4.42. The summed E-state index contributed by atoms with van der Waals surface area (Å²) in [5, 5.41) is 0.677. The van der Waals surface area contributed by atoms with Crippen molar-refractivity contribution in [2.24, 2.45) is 5.92 Å². The zero-order valence-corrected chi connectivity index (χ0v) is 13.2. The van der Waals surface area contributed by atoms with Gasteiger partial charge in [-0.15, -0.1) is 0 Å². The van der Waals surface area contributed by atoms with Gasteiger partial charge in [0, 0.05) is 11.9 Å². The lowest BCUT2D eigenvalue weighted by atomic mass is 9.86. The van der Waals surface area contributed by atoms with Crippen molar-refractivity contribution in [3.63, 3.8) is 0 Å². The number of aryl methyl sites for hydroxylation is 1. The highest BCUT2D eigenvalue weighted by Crippen LogP contribution is 2.31. The Bertz CT molecular complexity index is 497. The summed E-state index contributed by atoms with van der Waals surface area (Å²) in [5.74, 6) is 0.650. The number of hydrogen-bond acceptors (Lipinski definition) is 2. The number of carbonyl (C=O) groups excluding carboxylic acids is 1. The molecule has 110 valence electrons. The summed E-state index contributed by atoms with van der Waals surface area (Å²) in [6.07, 6.45) is 3.79. The maximum absolute atomic E-state index is 11.9. The van der Waals surface area contributed by atoms with E-state index in [1.807, 2.05) is 26.0 Å². The van der Waals surface area contributed by atoms with Crippen molar-refractivity contribution >= 4 is 23.2 Å². The Balaban J connectivity index is 2.11. The summed E-state index contributed by atoms with van der Waals surface area (Å²) in [7, 11) is 0. The van der Waals surface area contributed by atoms with E-state index in [2.05, 4.69) is 0 Å². The summed E-state index contributed by atoms with van der Waals surface area (Å²) < 4.78 is 5.73. The molecule has 0 unspecified atom stereocenters. The quantitative estimate of drug-likeness (QED) is 0.766. The number of rotatable bonds is 5. The van der Waals surface area contributed by atoms with Crippen LogP contribution in [0.15, 0.2) is 12.1 Å². The standard InChI is InChI=1S/C16H22ClNO2/c1-11-7-8-15(17)12(2)16(11)18(13(3)19)10-20-9-14-5-4-6-14/h7-8,14H,4-6,9-10H2,1-3H3. The van der Waals surface area contributed by atoms with Gasteiger partial charge in [0.05, 0.1) is 12.3 Å². The van der Waals surface area contributed by atoms with E-state index < -0.39 is 0 Å². The van der Waals surface area contributed by atoms with Gasteiger partial charge in [-0.25, -0.2) is 0 Å². The molecule has 0 spiro atoms. The normalized spacial score (nSPS) is 15.0. The van der Waals surface area contributed by atoms with E-state index in [4.69, 9.17) is 16.3 Å². The Morgan fingerprint density at radius 2 is 2.10 bits per heavy atom. The molecule has 1 aliphatic rings. The summed E-state index contributed by atoms with van der Waals surface area (Å²) >= 11 is 6.17. The van der Waals surface area contributed by atoms with Crippen molar-refractivity contribution < 1.29 is 9.53 Å². The van der Waals surface area contributed by atoms with E-state index in [9.17, 15) is 4.79 Å². The van der Waals surface area contributed by atoms with Crippen LogP contribution in [0.25, 0.3) is 0 Å². The van der Waals surface area contributed by atoms with Gasteiger partial charge in [0.15, 0.2) is 0 Å². The maximum atomic E-state index is 11.9. The van der Waals surface area contributed by atoms with Gasteiger partial charge >= 0.3 is 0 Å². The largest absolute Gasteiger partial charge is 0.360 e. The zero-order chi connectivity index (χ0) is 14.7. The Hall–Kier alpha value is -1.06. The van der Waals surface area contributed by atoms with Crippen LogP contribution in [0.3, 0.4) is 0 Å². The lowest BCUT2D eigenvalue weighted by Crippen LogP contribution is -2.33. The van der Waals surface area contributed by atoms with Gasteiger partial charge in [0.25, 0.3) is 0 Å². The lowest BCUT2D eigenvalue weighted by Gasteiger charge is -2.29. The van der Waals surface area contributed by atoms with Gasteiger partial charge in [0.2, 0.25) is 5.91 Å². The first-order valence-corrected chi connectivity index (χ1v) is 7.50. The number of nitrogens with zero attached hydrogens (tertiary/aromatic N) is 1. The van der Waals surface area contributed by atoms with Crippen LogP contribution in [0.1, 0.15) is 37.3 Å². The molecule has 1 amide bonds. The molecule has 3 nitrogen and oxygen atoms in total. The third-order valence-electron chi connectivity index (χ3n) is 4.02. The molecule has 1 aliphatic carbocycles. The highest BCUT2D eigenvalue weighted by atomic mass is 35.5. The van der Waals surface area contributed by atoms with Crippen LogP contribution < -0.4 is 4.90 Å². The van der Waals surface area contributed by atoms with E-state index in [1.165, 1.54) is 19.3 Å². The van der Waals surface area contributed by atoms with Gasteiger partial charge < -0.3 is 4.74 Å². The average molecular weight is 296 g/mol. The summed E-state index contributed by atoms with van der Waals surface area (Å²) in [6.45, 7) is 6.52. The van der Waals surface area contributed by atoms with Crippen LogP contribution in [0.5, 0.6) is 0 Å². The van der Waals surface area contributed by atoms with Gasteiger partial charge in [-0.05, 0) is 49.8 Å². The summed E-state index contributed by atoms with van der Waals surface area (Å²) in [4.78, 5) is 13.6. The van der Waals surface area contributed by atoms with Crippen molar-refractivity contribution in [1.82, 2.24) is 0 Å². The number of benzene rings is 1. The fraction of sp³-hybridized carbons (Fsp3) is 0.562. The molecular weight excluding hydrogens is 274 g/mol. The van der Waals surface area contributed by atoms with E-state index in [0.717, 1.165) is 23.4 Å². The fourth-order valence-electron chi connectivity index (χ4n) is 2.51. The van der Waals surface area contributed by atoms with Crippen LogP contribution in [0, 0.1) is 19.8 Å². The second-order valence-electron chi connectivity index (χ2n) is 5.58. The van der Waals surface area contributed by atoms with Crippen molar-refractivity contribution in [3.05, 3.63) is 28.3 Å². The molecule has 20 heavy (non-hydrogen) atoms. The Labute approximate surface area is 125 Å². The fourth-order valence-corrected chi connectivity index (χ4v) is 2.66. The smallest absolute Gasteiger partial charge is 0.225 e. The minimum Gasteiger partial charge on any atom is -0.360 e. The predicted molar refractivity (Wildman–Crippen MR) is 82.2 cm³/mol. The van der Waals surface area contributed by atoms with Crippen LogP contribution >= 0.6 is 11.6 Å². The molecule has 0 saturated heterocycles. The Morgan fingerprint density at radius 1 is 1.40 bits per heavy atom. The van der Waals surface area contributed by atoms with Crippen LogP contribution in [0.2, 0.25) is 5.02 Å². The molecule has 0 atom stereocenters. The molecule has 0 radical (unpaired) electrons. The first kappa shape index (κ1) is 15.3. The van der Waals surface area contributed by atoms with Crippen LogP contribution in [-0.2, 0) is 9.53 Å². The van der Waals surface area contributed by atoms with Crippen molar-refractivity contribution in [2.45, 2.75) is 40.0 Å². The van der Waals surface area contributed by atoms with Gasteiger partial charge in [-0.3, -0.25) is 9.69 Å². The van der Waals surface area contributed by atoms with Crippen molar-refractivity contribution in [3.8, 4) is 0 Å². The van der Waals surface area contributed by atoms with Crippen molar-refractivity contribution in [1.29, 1.82) is 0 Å². The molecule has 1 saturated carbocycles. The minimum absolute atomic E-state index is 0.0212. The van der Waals surface area contributed by atoms with Crippen molar-refractivity contribution in [2.75, 3.05) is 18.2 Å². The number of carbonyl (C=O) groups is 1. The molecule has 0 heterocycles. The molecule has 0 bridgehead atoms. The zero-order valence-electron chi connectivity index (χ0n) is 12.4. The molecule has 0 aromatic heterocycles. The molecule has 1 aromatic rings. The second kappa shape index (κ2) is 6.59. The van der Waals surface area contributed by atoms with E-state index in [1.54, 1.807) is 11.8 Å². The predicted octanol–water partition coefficient (Wildman–Crippen LogP) is 4.08. The van der Waals surface area contributed by atoms with E-state index in [-0.39, 0.29) is 5.91 Å². The topological polar surface area (TPSA) is 29.5 Å². The Kier molecular flexibility index (Phi) is 5.06. The van der Waals surface area contributed by atoms with Gasteiger partial charge in [-0.2, -0.15) is 0 Å².